The first-order chi connectivity index (χ1) is 8.81. The third kappa shape index (κ3) is 1.76. The molecule has 1 aromatic heterocycles. The summed E-state index contributed by atoms with van der Waals surface area (Å²) in [5.74, 6) is 1.19. The summed E-state index contributed by atoms with van der Waals surface area (Å²) >= 11 is 0. The van der Waals surface area contributed by atoms with E-state index in [-0.39, 0.29) is 0 Å². The molecule has 1 N–H and O–H groups in total. The molecule has 1 aliphatic carbocycles. The van der Waals surface area contributed by atoms with Crippen LogP contribution in [0.3, 0.4) is 0 Å². The third-order valence-corrected chi connectivity index (χ3v) is 4.38. The lowest BCUT2D eigenvalue weighted by Gasteiger charge is -2.16. The molecule has 2 atom stereocenters. The minimum Gasteiger partial charge on any atom is -0.348 e. The molecular formula is C16H20N2. The predicted molar refractivity (Wildman–Crippen MR) is 73.9 cm³/mol. The van der Waals surface area contributed by atoms with Crippen molar-refractivity contribution in [3.63, 3.8) is 0 Å². The van der Waals surface area contributed by atoms with Crippen LogP contribution < -0.4 is 0 Å². The van der Waals surface area contributed by atoms with Crippen LogP contribution in [-0.4, -0.2) is 9.97 Å². The standard InChI is InChI=1S/C16H20N2/c1-3-12-7-8-15-13(5-4-6-14(12)15)11(2)16-9-17-10-18-16/h4-6,9-12H,3,7-8H2,1-2H3,(H,17,18). The van der Waals surface area contributed by atoms with Crippen molar-refractivity contribution in [2.45, 2.75) is 44.9 Å². The van der Waals surface area contributed by atoms with Gasteiger partial charge in [0.05, 0.1) is 6.33 Å². The fraction of sp³-hybridized carbons (Fsp3) is 0.438. The predicted octanol–water partition coefficient (Wildman–Crippen LogP) is 4.00. The van der Waals surface area contributed by atoms with Crippen molar-refractivity contribution in [2.24, 2.45) is 0 Å². The maximum atomic E-state index is 4.14. The quantitative estimate of drug-likeness (QED) is 0.863. The lowest BCUT2D eigenvalue weighted by Crippen LogP contribution is -2.01. The number of nitrogens with zero attached hydrogens (tertiary/aromatic N) is 1. The van der Waals surface area contributed by atoms with Crippen molar-refractivity contribution < 1.29 is 0 Å². The fourth-order valence-electron chi connectivity index (χ4n) is 3.27. The van der Waals surface area contributed by atoms with Gasteiger partial charge in [-0.25, -0.2) is 4.98 Å². The minimum atomic E-state index is 0.415. The number of nitrogens with one attached hydrogen (secondary N) is 1. The number of benzene rings is 1. The van der Waals surface area contributed by atoms with E-state index in [4.69, 9.17) is 0 Å². The summed E-state index contributed by atoms with van der Waals surface area (Å²) in [4.78, 5) is 7.38. The Morgan fingerprint density at radius 2 is 2.33 bits per heavy atom. The molecule has 0 amide bonds. The van der Waals surface area contributed by atoms with E-state index in [2.05, 4.69) is 42.0 Å². The highest BCUT2D eigenvalue weighted by atomic mass is 14.9. The largest absolute Gasteiger partial charge is 0.348 e. The Morgan fingerprint density at radius 3 is 3.06 bits per heavy atom. The second-order valence-corrected chi connectivity index (χ2v) is 5.29. The average molecular weight is 240 g/mol. The Bertz CT molecular complexity index is 528. The van der Waals surface area contributed by atoms with Gasteiger partial charge in [0.1, 0.15) is 0 Å². The van der Waals surface area contributed by atoms with Crippen LogP contribution in [0, 0.1) is 0 Å². The van der Waals surface area contributed by atoms with E-state index < -0.39 is 0 Å². The van der Waals surface area contributed by atoms with Gasteiger partial charge in [-0.3, -0.25) is 0 Å². The van der Waals surface area contributed by atoms with Crippen LogP contribution in [0.1, 0.15) is 60.9 Å². The van der Waals surface area contributed by atoms with Crippen LogP contribution in [0.25, 0.3) is 0 Å². The Morgan fingerprint density at radius 1 is 1.44 bits per heavy atom. The van der Waals surface area contributed by atoms with E-state index in [9.17, 15) is 0 Å². The van der Waals surface area contributed by atoms with Crippen molar-refractivity contribution in [1.29, 1.82) is 0 Å². The van der Waals surface area contributed by atoms with Gasteiger partial charge in [-0.1, -0.05) is 32.0 Å². The maximum absolute atomic E-state index is 4.14. The van der Waals surface area contributed by atoms with Crippen LogP contribution in [-0.2, 0) is 6.42 Å². The summed E-state index contributed by atoms with van der Waals surface area (Å²) in [6, 6.07) is 6.82. The van der Waals surface area contributed by atoms with E-state index in [0.717, 1.165) is 5.92 Å². The van der Waals surface area contributed by atoms with Gasteiger partial charge in [-0.15, -0.1) is 0 Å². The molecule has 3 rings (SSSR count). The number of fused-ring (bicyclic) bond motifs is 1. The summed E-state index contributed by atoms with van der Waals surface area (Å²) < 4.78 is 0. The van der Waals surface area contributed by atoms with Gasteiger partial charge >= 0.3 is 0 Å². The number of aromatic amines is 1. The van der Waals surface area contributed by atoms with Crippen molar-refractivity contribution in [3.8, 4) is 0 Å². The minimum absolute atomic E-state index is 0.415. The summed E-state index contributed by atoms with van der Waals surface area (Å²) in [6.45, 7) is 4.56. The number of imidazole rings is 1. The smallest absolute Gasteiger partial charge is 0.0921 e. The highest BCUT2D eigenvalue weighted by Gasteiger charge is 2.25. The molecule has 2 aromatic rings. The molecule has 0 bridgehead atoms. The van der Waals surface area contributed by atoms with Gasteiger partial charge in [0.25, 0.3) is 0 Å². The maximum Gasteiger partial charge on any atom is 0.0921 e. The number of H-pyrrole nitrogens is 1. The van der Waals surface area contributed by atoms with Gasteiger partial charge in [-0.05, 0) is 41.9 Å². The summed E-state index contributed by atoms with van der Waals surface area (Å²) in [6.07, 6.45) is 7.52. The van der Waals surface area contributed by atoms with E-state index in [1.807, 2.05) is 6.20 Å². The molecule has 94 valence electrons. The van der Waals surface area contributed by atoms with Crippen LogP contribution in [0.5, 0.6) is 0 Å². The monoisotopic (exact) mass is 240 g/mol. The Balaban J connectivity index is 2.02. The molecule has 0 fully saturated rings. The molecule has 0 spiro atoms. The summed E-state index contributed by atoms with van der Waals surface area (Å²) in [5.41, 5.74) is 5.86. The van der Waals surface area contributed by atoms with E-state index in [0.29, 0.717) is 5.92 Å². The molecular weight excluding hydrogens is 220 g/mol. The highest BCUT2D eigenvalue weighted by Crippen LogP contribution is 2.40. The van der Waals surface area contributed by atoms with Crippen LogP contribution in [0.15, 0.2) is 30.7 Å². The zero-order valence-electron chi connectivity index (χ0n) is 11.1. The first-order valence-corrected chi connectivity index (χ1v) is 6.91. The van der Waals surface area contributed by atoms with Crippen LogP contribution >= 0.6 is 0 Å². The second kappa shape index (κ2) is 4.60. The van der Waals surface area contributed by atoms with Crippen LogP contribution in [0.2, 0.25) is 0 Å². The van der Waals surface area contributed by atoms with Crippen molar-refractivity contribution >= 4 is 0 Å². The number of hydrogen-bond acceptors (Lipinski definition) is 1. The molecule has 0 radical (unpaired) electrons. The van der Waals surface area contributed by atoms with Gasteiger partial charge in [0.15, 0.2) is 0 Å². The molecule has 2 nitrogen and oxygen atoms in total. The first kappa shape index (κ1) is 11.5. The molecule has 0 saturated carbocycles. The van der Waals surface area contributed by atoms with Gasteiger partial charge < -0.3 is 4.98 Å². The lowest BCUT2D eigenvalue weighted by molar-refractivity contribution is 0.656. The Labute approximate surface area is 108 Å². The van der Waals surface area contributed by atoms with Crippen molar-refractivity contribution in [1.82, 2.24) is 9.97 Å². The van der Waals surface area contributed by atoms with E-state index in [1.54, 1.807) is 17.5 Å². The molecule has 18 heavy (non-hydrogen) atoms. The summed E-state index contributed by atoms with van der Waals surface area (Å²) in [7, 11) is 0. The molecule has 1 aromatic carbocycles. The summed E-state index contributed by atoms with van der Waals surface area (Å²) in [5, 5.41) is 0. The van der Waals surface area contributed by atoms with E-state index >= 15 is 0 Å². The van der Waals surface area contributed by atoms with Crippen LogP contribution in [0.4, 0.5) is 0 Å². The lowest BCUT2D eigenvalue weighted by atomic mass is 9.90. The topological polar surface area (TPSA) is 28.7 Å². The number of hydrogen-bond donors (Lipinski definition) is 1. The molecule has 1 heterocycles. The molecule has 0 saturated heterocycles. The highest BCUT2D eigenvalue weighted by molar-refractivity contribution is 5.44. The van der Waals surface area contributed by atoms with Crippen molar-refractivity contribution in [2.75, 3.05) is 0 Å². The second-order valence-electron chi connectivity index (χ2n) is 5.29. The Hall–Kier alpha value is -1.57. The van der Waals surface area contributed by atoms with Gasteiger partial charge in [0, 0.05) is 17.8 Å². The third-order valence-electron chi connectivity index (χ3n) is 4.38. The molecule has 2 heteroatoms. The molecule has 0 aliphatic heterocycles. The average Bonchev–Trinajstić information content (AvgIpc) is 3.06. The van der Waals surface area contributed by atoms with Gasteiger partial charge in [0.2, 0.25) is 0 Å². The van der Waals surface area contributed by atoms with E-state index in [1.165, 1.54) is 30.5 Å². The SMILES string of the molecule is CCC1CCc2c1cccc2C(C)c1cnc[nH]1. The Kier molecular flexibility index (Phi) is 2.94. The molecule has 1 aliphatic rings. The van der Waals surface area contributed by atoms with Gasteiger partial charge in [-0.2, -0.15) is 0 Å². The normalized spacial score (nSPS) is 19.8. The molecule has 2 unspecified atom stereocenters. The zero-order valence-corrected chi connectivity index (χ0v) is 11.1. The number of aromatic nitrogens is 2. The zero-order chi connectivity index (χ0) is 12.5. The fourth-order valence-corrected chi connectivity index (χ4v) is 3.27. The first-order valence-electron chi connectivity index (χ1n) is 6.91. The number of rotatable bonds is 3. The van der Waals surface area contributed by atoms with Crippen molar-refractivity contribution in [3.05, 3.63) is 53.1 Å².